The number of halogens is 1. The molecule has 2 heterocycles. The molecule has 0 spiro atoms. The van der Waals surface area contributed by atoms with Crippen molar-refractivity contribution in [2.45, 2.75) is 25.8 Å². The van der Waals surface area contributed by atoms with Crippen LogP contribution in [0, 0.1) is 5.41 Å². The Labute approximate surface area is 166 Å². The van der Waals surface area contributed by atoms with Gasteiger partial charge in [0.15, 0.2) is 0 Å². The second-order valence-corrected chi connectivity index (χ2v) is 7.37. The van der Waals surface area contributed by atoms with Gasteiger partial charge in [-0.25, -0.2) is 0 Å². The maximum atomic E-state index is 12.7. The van der Waals surface area contributed by atoms with E-state index in [0.29, 0.717) is 24.4 Å². The number of likely N-dealkylation sites (N-methyl/N-ethyl adjacent to an activating group) is 1. The predicted molar refractivity (Wildman–Crippen MR) is 109 cm³/mol. The van der Waals surface area contributed by atoms with Gasteiger partial charge >= 0.3 is 0 Å². The number of nitrogens with zero attached hydrogens (tertiary/aromatic N) is 1. The van der Waals surface area contributed by atoms with E-state index in [9.17, 15) is 9.59 Å². The average Bonchev–Trinajstić information content (AvgIpc) is 2.65. The number of methoxy groups -OCH3 is 1. The molecule has 0 aliphatic carbocycles. The number of hydrogen-bond donors (Lipinski definition) is 3. The third-order valence-electron chi connectivity index (χ3n) is 5.60. The van der Waals surface area contributed by atoms with Gasteiger partial charge in [-0.1, -0.05) is 0 Å². The van der Waals surface area contributed by atoms with Gasteiger partial charge in [-0.2, -0.15) is 0 Å². The van der Waals surface area contributed by atoms with Crippen molar-refractivity contribution < 1.29 is 14.3 Å². The molecule has 0 bridgehead atoms. The summed E-state index contributed by atoms with van der Waals surface area (Å²) in [6.45, 7) is 4.95. The highest BCUT2D eigenvalue weighted by Gasteiger charge is 2.33. The maximum Gasteiger partial charge on any atom is 0.251 e. The number of rotatable bonds is 5. The molecular weight excluding hydrogens is 368 g/mol. The quantitative estimate of drug-likeness (QED) is 0.704. The summed E-state index contributed by atoms with van der Waals surface area (Å²) in [5, 5.41) is 9.29. The van der Waals surface area contributed by atoms with E-state index in [0.717, 1.165) is 31.6 Å². The molecule has 2 aliphatic heterocycles. The minimum atomic E-state index is -0.226. The number of ether oxygens (including phenoxy) is 1. The Hall–Kier alpha value is -1.83. The number of amides is 2. The van der Waals surface area contributed by atoms with Gasteiger partial charge in [0.05, 0.1) is 18.0 Å². The summed E-state index contributed by atoms with van der Waals surface area (Å²) in [7, 11) is 3.59. The zero-order valence-corrected chi connectivity index (χ0v) is 16.9. The first-order chi connectivity index (χ1) is 12.5. The number of carbonyl (C=O) groups excluding carboxylic acids is 2. The van der Waals surface area contributed by atoms with Gasteiger partial charge in [0, 0.05) is 31.7 Å². The molecular formula is C19H29ClN4O3. The largest absolute Gasteiger partial charge is 0.384 e. The molecule has 0 saturated carbocycles. The lowest BCUT2D eigenvalue weighted by atomic mass is 9.79. The topological polar surface area (TPSA) is 82.7 Å². The molecule has 0 aromatic heterocycles. The van der Waals surface area contributed by atoms with Gasteiger partial charge < -0.3 is 25.6 Å². The van der Waals surface area contributed by atoms with Crippen molar-refractivity contribution in [3.63, 3.8) is 0 Å². The molecule has 3 N–H and O–H groups in total. The van der Waals surface area contributed by atoms with Crippen molar-refractivity contribution in [2.24, 2.45) is 5.41 Å². The van der Waals surface area contributed by atoms with Crippen molar-refractivity contribution in [1.82, 2.24) is 10.6 Å². The third-order valence-corrected chi connectivity index (χ3v) is 5.60. The van der Waals surface area contributed by atoms with Crippen LogP contribution in [0.5, 0.6) is 0 Å². The fraction of sp³-hybridized carbons (Fsp3) is 0.579. The Bertz CT molecular complexity index is 686. The first-order valence-electron chi connectivity index (χ1n) is 9.11. The molecule has 7 nitrogen and oxygen atoms in total. The van der Waals surface area contributed by atoms with Gasteiger partial charge in [-0.05, 0) is 51.1 Å². The molecule has 3 rings (SSSR count). The van der Waals surface area contributed by atoms with E-state index in [1.54, 1.807) is 19.2 Å². The lowest BCUT2D eigenvalue weighted by Crippen LogP contribution is -2.47. The van der Waals surface area contributed by atoms with E-state index in [2.05, 4.69) is 16.0 Å². The molecule has 150 valence electrons. The van der Waals surface area contributed by atoms with Gasteiger partial charge in [-0.3, -0.25) is 9.59 Å². The van der Waals surface area contributed by atoms with E-state index in [1.807, 2.05) is 24.9 Å². The summed E-state index contributed by atoms with van der Waals surface area (Å²) in [5.74, 6) is -0.191. The molecule has 1 fully saturated rings. The minimum Gasteiger partial charge on any atom is -0.384 e. The first kappa shape index (κ1) is 21.5. The molecule has 1 aromatic carbocycles. The molecule has 8 heteroatoms. The maximum absolute atomic E-state index is 12.7. The van der Waals surface area contributed by atoms with Crippen molar-refractivity contribution in [3.05, 3.63) is 23.8 Å². The standard InChI is InChI=1S/C19H28N4O3.ClH/c1-13-17(24)22-15-10-14(4-5-16(15)23(13)2)18(25)21-11-19(12-26-3)6-8-20-9-7-19;/h4-5,10,13,20H,6-9,11-12H2,1-3H3,(H,21,25)(H,22,24);1H. The zero-order valence-electron chi connectivity index (χ0n) is 16.1. The lowest BCUT2D eigenvalue weighted by molar-refractivity contribution is -0.117. The minimum absolute atomic E-state index is 0. The summed E-state index contributed by atoms with van der Waals surface area (Å²) < 4.78 is 5.40. The lowest BCUT2D eigenvalue weighted by Gasteiger charge is -2.37. The van der Waals surface area contributed by atoms with Crippen LogP contribution in [0.1, 0.15) is 30.1 Å². The van der Waals surface area contributed by atoms with Crippen LogP contribution in [0.15, 0.2) is 18.2 Å². The van der Waals surface area contributed by atoms with Gasteiger partial charge in [0.25, 0.3) is 5.91 Å². The Morgan fingerprint density at radius 2 is 2.07 bits per heavy atom. The highest BCUT2D eigenvalue weighted by Crippen LogP contribution is 2.32. The summed E-state index contributed by atoms with van der Waals surface area (Å²) in [5.41, 5.74) is 2.13. The number of piperidine rings is 1. The van der Waals surface area contributed by atoms with E-state index in [-0.39, 0.29) is 35.7 Å². The average molecular weight is 397 g/mol. The Kier molecular flexibility index (Phi) is 7.08. The van der Waals surface area contributed by atoms with Gasteiger partial charge in [0.1, 0.15) is 6.04 Å². The third kappa shape index (κ3) is 4.54. The van der Waals surface area contributed by atoms with Crippen LogP contribution in [0.4, 0.5) is 11.4 Å². The first-order valence-corrected chi connectivity index (χ1v) is 9.11. The Balaban J connectivity index is 0.00000261. The number of benzene rings is 1. The Morgan fingerprint density at radius 3 is 2.74 bits per heavy atom. The molecule has 1 unspecified atom stereocenters. The number of nitrogens with one attached hydrogen (secondary N) is 3. The number of fused-ring (bicyclic) bond motifs is 1. The summed E-state index contributed by atoms with van der Waals surface area (Å²) in [6.07, 6.45) is 1.95. The molecule has 0 radical (unpaired) electrons. The van der Waals surface area contributed by atoms with Gasteiger partial charge in [-0.15, -0.1) is 12.4 Å². The van der Waals surface area contributed by atoms with Crippen molar-refractivity contribution in [2.75, 3.05) is 50.6 Å². The number of carbonyl (C=O) groups is 2. The molecule has 1 saturated heterocycles. The predicted octanol–water partition coefficient (Wildman–Crippen LogP) is 1.63. The highest BCUT2D eigenvalue weighted by atomic mass is 35.5. The van der Waals surface area contributed by atoms with Crippen LogP contribution >= 0.6 is 12.4 Å². The van der Waals surface area contributed by atoms with Crippen LogP contribution < -0.4 is 20.9 Å². The van der Waals surface area contributed by atoms with E-state index >= 15 is 0 Å². The molecule has 1 atom stereocenters. The van der Waals surface area contributed by atoms with Gasteiger partial charge in [0.2, 0.25) is 5.91 Å². The smallest absolute Gasteiger partial charge is 0.251 e. The molecule has 27 heavy (non-hydrogen) atoms. The van der Waals surface area contributed by atoms with Crippen LogP contribution in [-0.4, -0.2) is 58.3 Å². The van der Waals surface area contributed by atoms with Crippen molar-refractivity contribution in [1.29, 1.82) is 0 Å². The van der Waals surface area contributed by atoms with E-state index < -0.39 is 0 Å². The SMILES string of the molecule is COCC1(CNC(=O)c2ccc3c(c2)NC(=O)C(C)N3C)CCNCC1.Cl. The fourth-order valence-electron chi connectivity index (χ4n) is 3.71. The molecule has 1 aromatic rings. The second kappa shape index (κ2) is 8.91. The fourth-order valence-corrected chi connectivity index (χ4v) is 3.71. The highest BCUT2D eigenvalue weighted by molar-refractivity contribution is 6.05. The summed E-state index contributed by atoms with van der Waals surface area (Å²) >= 11 is 0. The van der Waals surface area contributed by atoms with Crippen LogP contribution in [-0.2, 0) is 9.53 Å². The van der Waals surface area contributed by atoms with Crippen LogP contribution in [0.25, 0.3) is 0 Å². The second-order valence-electron chi connectivity index (χ2n) is 7.37. The summed E-state index contributed by atoms with van der Waals surface area (Å²) in [4.78, 5) is 26.6. The van der Waals surface area contributed by atoms with Crippen LogP contribution in [0.3, 0.4) is 0 Å². The molecule has 2 aliphatic rings. The van der Waals surface area contributed by atoms with Crippen molar-refractivity contribution in [3.8, 4) is 0 Å². The van der Waals surface area contributed by atoms with Crippen LogP contribution in [0.2, 0.25) is 0 Å². The van der Waals surface area contributed by atoms with E-state index in [1.165, 1.54) is 0 Å². The number of anilines is 2. The normalized spacial score (nSPS) is 20.9. The monoisotopic (exact) mass is 396 g/mol. The zero-order chi connectivity index (χ0) is 18.7. The summed E-state index contributed by atoms with van der Waals surface area (Å²) in [6, 6.07) is 5.21. The Morgan fingerprint density at radius 1 is 1.37 bits per heavy atom. The van der Waals surface area contributed by atoms with Crippen molar-refractivity contribution >= 4 is 35.6 Å². The molecule has 2 amide bonds. The van der Waals surface area contributed by atoms with E-state index in [4.69, 9.17) is 4.74 Å². The number of hydrogen-bond acceptors (Lipinski definition) is 5.